The number of hydrogen-bond acceptors (Lipinski definition) is 28. The quantitative estimate of drug-likeness (QED) is 0.0111. The summed E-state index contributed by atoms with van der Waals surface area (Å²) in [6.07, 6.45) is -1.86. The maximum Gasteiger partial charge on any atom is 1.00 e. The molecule has 4 rings (SSSR count). The first-order chi connectivity index (χ1) is 50.5. The van der Waals surface area contributed by atoms with Crippen molar-refractivity contribution in [1.29, 1.82) is 0 Å². The van der Waals surface area contributed by atoms with Gasteiger partial charge in [-0.15, -0.1) is 0 Å². The van der Waals surface area contributed by atoms with Crippen LogP contribution in [0, 0.1) is 13.1 Å². The number of aromatic hydroxyl groups is 2. The number of phenols is 2. The van der Waals surface area contributed by atoms with Gasteiger partial charge in [-0.25, -0.2) is 13.1 Å². The zero-order valence-corrected chi connectivity index (χ0v) is 80.7. The Morgan fingerprint density at radius 1 is 0.342 bits per heavy atom. The Kier molecular flexibility index (Phi) is 84.4. The standard InChI is InChI=1S/2C33H42N5O12.2CO2.8Na/c2*39-23-10-8-22(9-11-23)20-26(32(47)48)37-30(44)25(19-21-5-2-1-3-6-21)36-28(41)14-17-50-18-16-34-27(40)13-12-24(31(45)46)38-33(49)35-15-4-7-29(42)43;2*2-1-3;;;;;;;;/h2*1-3,5-6,8-11,15,24-26,39H,4,7,12-14,16-20H2,(H,34,40)(H,36,41)(H,37,44)(H,42,43)(H,45,46)(H,47,48)(H2,35,38,49);;;;;;;;;;/q2*-1;;;8*+1/p-6/t24-,25-,26+;24-,25-,26-;;;;;;;;;;/m00........../s1. The SMILES string of the molecule is O=C([O-])CC[CH-]NC(=O)N[C@@H](CCC(=O)NCCOCCC(=O)N[C@@H](Cc1ccccc1)C(=O)N[C@@H](Cc1ccc(O)cc1)C(=O)[O-])C(=O)[O-].O=C([O-])CC[CH-]NC(=O)N[C@@H](CCC(=O)NCCOCCC(=O)N[C@@H](Cc1ccccc1)C(=O)N[C@H](Cc1ccc(O)cc1)C(=O)[O-])C(=O)[O-].O=C=O.O=C=O.[Na+].[Na+].[Na+].[Na+].[Na+].[Na+].[Na+].[Na+]. The molecule has 0 aliphatic heterocycles. The van der Waals surface area contributed by atoms with E-state index in [4.69, 9.17) is 28.7 Å². The summed E-state index contributed by atoms with van der Waals surface area (Å²) in [5.74, 6) is -12.7. The number of hydrogen-bond donors (Lipinski definition) is 12. The van der Waals surface area contributed by atoms with Crippen molar-refractivity contribution in [3.63, 3.8) is 0 Å². The molecule has 0 fully saturated rings. The minimum atomic E-state index is -1.62. The van der Waals surface area contributed by atoms with E-state index in [9.17, 15) is 108 Å². The fourth-order valence-corrected chi connectivity index (χ4v) is 8.71. The van der Waals surface area contributed by atoms with Gasteiger partial charge in [0.15, 0.2) is 0 Å². The molecular formula is C68H78N10Na8O28. The molecule has 0 aliphatic rings. The number of ether oxygens (including phenoxy) is 2. The van der Waals surface area contributed by atoms with Crippen LogP contribution in [0.1, 0.15) is 86.5 Å². The van der Waals surface area contributed by atoms with E-state index < -0.39 is 120 Å². The van der Waals surface area contributed by atoms with Crippen molar-refractivity contribution in [3.8, 4) is 11.5 Å². The maximum atomic E-state index is 13.2. The number of carbonyl (C=O) groups excluding carboxylic acids is 18. The average Bonchev–Trinajstić information content (AvgIpc) is 0.867. The molecule has 4 aromatic rings. The largest absolute Gasteiger partial charge is 1.00 e. The van der Waals surface area contributed by atoms with Crippen LogP contribution in [0.5, 0.6) is 11.5 Å². The van der Waals surface area contributed by atoms with E-state index in [0.717, 1.165) is 13.1 Å². The molecule has 12 N–H and O–H groups in total. The number of carboxylic acids is 6. The predicted molar refractivity (Wildman–Crippen MR) is 345 cm³/mol. The number of carbonyl (C=O) groups is 14. The van der Waals surface area contributed by atoms with E-state index in [1.165, 1.54) is 48.5 Å². The van der Waals surface area contributed by atoms with Gasteiger partial charge in [0.2, 0.25) is 35.4 Å². The Morgan fingerprint density at radius 2 is 0.623 bits per heavy atom. The number of benzene rings is 4. The molecular weight excluding hydrogens is 1590 g/mol. The predicted octanol–water partition coefficient (Wildman–Crippen LogP) is -32.5. The Hall–Kier alpha value is -4.66. The van der Waals surface area contributed by atoms with Crippen LogP contribution in [-0.4, -0.2) is 182 Å². The number of carboxylic acid groups (broad SMARTS) is 6. The molecule has 0 bridgehead atoms. The molecule has 38 nitrogen and oxygen atoms in total. The number of urea groups is 2. The zero-order chi connectivity index (χ0) is 79.2. The summed E-state index contributed by atoms with van der Waals surface area (Å²) in [4.78, 5) is 199. The fraction of sp³-hybridized carbons (Fsp3) is 0.382. The van der Waals surface area contributed by atoms with E-state index in [1.807, 2.05) is 0 Å². The summed E-state index contributed by atoms with van der Waals surface area (Å²) in [7, 11) is 0. The van der Waals surface area contributed by atoms with E-state index in [-0.39, 0.29) is 390 Å². The van der Waals surface area contributed by atoms with Crippen molar-refractivity contribution in [3.05, 3.63) is 145 Å². The van der Waals surface area contributed by atoms with Crippen LogP contribution in [0.15, 0.2) is 109 Å². The van der Waals surface area contributed by atoms with Gasteiger partial charge in [0, 0.05) is 63.6 Å². The van der Waals surface area contributed by atoms with Crippen molar-refractivity contribution < 1.29 is 373 Å². The maximum absolute atomic E-state index is 13.2. The van der Waals surface area contributed by atoms with Gasteiger partial charge in [-0.05, 0) is 85.0 Å². The Morgan fingerprint density at radius 3 is 0.904 bits per heavy atom. The number of amides is 10. The number of aliphatic carboxylic acids is 6. The zero-order valence-electron chi connectivity index (χ0n) is 64.7. The molecule has 576 valence electrons. The summed E-state index contributed by atoms with van der Waals surface area (Å²) in [6.45, 7) is 2.07. The second-order valence-electron chi connectivity index (χ2n) is 22.0. The molecule has 0 spiro atoms. The van der Waals surface area contributed by atoms with Crippen molar-refractivity contribution in [2.45, 2.75) is 126 Å². The van der Waals surface area contributed by atoms with E-state index in [2.05, 4.69) is 53.2 Å². The molecule has 4 aromatic carbocycles. The van der Waals surface area contributed by atoms with Crippen LogP contribution in [0.2, 0.25) is 0 Å². The summed E-state index contributed by atoms with van der Waals surface area (Å²) < 4.78 is 10.7. The third-order valence-corrected chi connectivity index (χ3v) is 13.9. The molecule has 0 saturated heterocycles. The normalized spacial score (nSPS) is 11.0. The van der Waals surface area contributed by atoms with Crippen LogP contribution in [0.25, 0.3) is 0 Å². The summed E-state index contributed by atoms with van der Waals surface area (Å²) >= 11 is 0. The Balaban J connectivity index is -0.000000288. The average molecular weight is 1670 g/mol. The first kappa shape index (κ1) is 125. The van der Waals surface area contributed by atoms with E-state index in [0.29, 0.717) is 22.3 Å². The van der Waals surface area contributed by atoms with Gasteiger partial charge in [-0.3, -0.25) is 38.4 Å². The van der Waals surface area contributed by atoms with Crippen LogP contribution in [0.4, 0.5) is 9.59 Å². The minimum Gasteiger partial charge on any atom is -0.550 e. The van der Waals surface area contributed by atoms with Crippen LogP contribution < -0.4 is 320 Å². The Labute approximate surface area is 832 Å². The first-order valence-corrected chi connectivity index (χ1v) is 32.0. The summed E-state index contributed by atoms with van der Waals surface area (Å²) in [5.41, 5.74) is 2.46. The molecule has 0 heterocycles. The molecule has 0 aliphatic carbocycles. The van der Waals surface area contributed by atoms with Crippen molar-refractivity contribution >= 4 is 95.6 Å². The van der Waals surface area contributed by atoms with E-state index in [1.54, 1.807) is 60.7 Å². The number of phenolic OH excluding ortho intramolecular Hbond substituents is 2. The molecule has 114 heavy (non-hydrogen) atoms. The molecule has 0 aromatic heterocycles. The Bertz CT molecular complexity index is 3330. The number of nitrogens with one attached hydrogen (secondary N) is 10. The monoisotopic (exact) mass is 1670 g/mol. The van der Waals surface area contributed by atoms with Crippen molar-refractivity contribution in [1.82, 2.24) is 53.2 Å². The van der Waals surface area contributed by atoms with E-state index >= 15 is 0 Å². The first-order valence-electron chi connectivity index (χ1n) is 32.0. The summed E-state index contributed by atoms with van der Waals surface area (Å²) in [5, 5.41) is 109. The van der Waals surface area contributed by atoms with Gasteiger partial charge < -0.3 is 132 Å². The summed E-state index contributed by atoms with van der Waals surface area (Å²) in [6, 6.07) is 19.1. The molecule has 0 unspecified atom stereocenters. The number of rotatable bonds is 46. The van der Waals surface area contributed by atoms with Crippen molar-refractivity contribution in [2.24, 2.45) is 0 Å². The molecule has 46 heteroatoms. The second kappa shape index (κ2) is 77.0. The molecule has 6 atom stereocenters. The van der Waals surface area contributed by atoms with Crippen molar-refractivity contribution in [2.75, 3.05) is 39.5 Å². The molecule has 10 amide bonds. The van der Waals surface area contributed by atoms with Crippen LogP contribution in [0.3, 0.4) is 0 Å². The fourth-order valence-electron chi connectivity index (χ4n) is 8.71. The van der Waals surface area contributed by atoms with Gasteiger partial charge in [0.25, 0.3) is 12.1 Å². The van der Waals surface area contributed by atoms with Crippen LogP contribution in [-0.2, 0) is 112 Å². The smallest absolute Gasteiger partial charge is 0.550 e. The third-order valence-electron chi connectivity index (χ3n) is 13.9. The van der Waals surface area contributed by atoms with Gasteiger partial charge >= 0.3 is 249 Å². The van der Waals surface area contributed by atoms with Gasteiger partial charge in [0.1, 0.15) is 23.6 Å². The van der Waals surface area contributed by atoms with Gasteiger partial charge in [-0.2, -0.15) is 32.0 Å². The minimum absolute atomic E-state index is 0. The van der Waals surface area contributed by atoms with Gasteiger partial charge in [0.05, 0.1) is 74.5 Å². The molecule has 0 saturated carbocycles. The second-order valence-corrected chi connectivity index (χ2v) is 22.0. The third kappa shape index (κ3) is 64.4. The van der Waals surface area contributed by atoms with Gasteiger partial charge in [-0.1, -0.05) is 84.9 Å². The van der Waals surface area contributed by atoms with Crippen LogP contribution >= 0.6 is 0 Å². The topological polar surface area (TPSA) is 625 Å². The molecule has 0 radical (unpaired) electrons.